The lowest BCUT2D eigenvalue weighted by Crippen LogP contribution is -2.66. The molecule has 1 heterocycles. The average molecular weight is 542 g/mol. The minimum Gasteiger partial charge on any atom is -0.497 e. The molecule has 6 nitrogen and oxygen atoms in total. The second kappa shape index (κ2) is 11.3. The van der Waals surface area contributed by atoms with Gasteiger partial charge in [0.25, 0.3) is 0 Å². The number of carbonyl (C=O) groups is 2. The van der Waals surface area contributed by atoms with E-state index in [-0.39, 0.29) is 18.2 Å². The van der Waals surface area contributed by atoms with E-state index in [1.807, 2.05) is 38.1 Å². The van der Waals surface area contributed by atoms with E-state index in [4.69, 9.17) is 4.74 Å². The average Bonchev–Trinajstić information content (AvgIpc) is 2.82. The third-order valence-electron chi connectivity index (χ3n) is 6.44. The van der Waals surface area contributed by atoms with Gasteiger partial charge < -0.3 is 15.4 Å². The molecule has 11 heteroatoms. The Hall–Kier alpha value is -2.79. The fourth-order valence-corrected chi connectivity index (χ4v) is 4.80. The molecule has 3 N–H and O–H groups in total. The van der Waals surface area contributed by atoms with Crippen LogP contribution in [0.3, 0.4) is 0 Å². The number of methoxy groups -OCH3 is 1. The van der Waals surface area contributed by atoms with Crippen molar-refractivity contribution in [3.05, 3.63) is 59.4 Å². The molecule has 0 aromatic heterocycles. The normalized spacial score (nSPS) is 19.4. The molecule has 2 aromatic carbocycles. The van der Waals surface area contributed by atoms with Gasteiger partial charge in [-0.3, -0.25) is 14.9 Å². The second-order valence-corrected chi connectivity index (χ2v) is 10.9. The van der Waals surface area contributed by atoms with E-state index in [1.165, 1.54) is 6.07 Å². The summed E-state index contributed by atoms with van der Waals surface area (Å²) in [5, 5.41) is 8.97. The van der Waals surface area contributed by atoms with E-state index in [1.54, 1.807) is 21.0 Å². The van der Waals surface area contributed by atoms with Crippen LogP contribution in [0.1, 0.15) is 51.3 Å². The number of ether oxygens (including phenoxy) is 1. The lowest BCUT2D eigenvalue weighted by Gasteiger charge is -2.41. The molecule has 1 aliphatic rings. The maximum atomic E-state index is 14.4. The number of hydrogen-bond acceptors (Lipinski definition) is 5. The highest BCUT2D eigenvalue weighted by Gasteiger charge is 2.40. The van der Waals surface area contributed by atoms with E-state index in [9.17, 15) is 27.2 Å². The Morgan fingerprint density at radius 1 is 1.14 bits per heavy atom. The van der Waals surface area contributed by atoms with Crippen LogP contribution < -0.4 is 20.7 Å². The molecule has 2 amide bonds. The molecule has 1 fully saturated rings. The van der Waals surface area contributed by atoms with Crippen LogP contribution in [0, 0.1) is 11.7 Å². The summed E-state index contributed by atoms with van der Waals surface area (Å²) in [6.45, 7) is 7.48. The molecule has 2 unspecified atom stereocenters. The van der Waals surface area contributed by atoms with E-state index < -0.39 is 57.6 Å². The van der Waals surface area contributed by atoms with Crippen LogP contribution in [0.2, 0.25) is 0 Å². The molecular formula is C26H31F4N3O3S. The van der Waals surface area contributed by atoms with Crippen LogP contribution >= 0.6 is 11.8 Å². The SMILES string of the molecule is COc1ccc(C(C)(C)C2NC(=O)CC(C(=O)N[C@@H](c3ccc(SC(F)(F)F)c(F)c3)C(C)C)N2)cc1. The van der Waals surface area contributed by atoms with E-state index >= 15 is 0 Å². The molecule has 0 bridgehead atoms. The molecule has 3 rings (SSSR count). The van der Waals surface area contributed by atoms with Gasteiger partial charge in [-0.2, -0.15) is 13.2 Å². The van der Waals surface area contributed by atoms with Gasteiger partial charge in [-0.1, -0.05) is 45.9 Å². The van der Waals surface area contributed by atoms with Gasteiger partial charge in [-0.05, 0) is 53.1 Å². The Labute approximate surface area is 217 Å². The first kappa shape index (κ1) is 28.8. The number of alkyl halides is 3. The molecule has 2 aromatic rings. The van der Waals surface area contributed by atoms with Crippen molar-refractivity contribution >= 4 is 23.6 Å². The Balaban J connectivity index is 1.77. The smallest absolute Gasteiger partial charge is 0.446 e. The van der Waals surface area contributed by atoms with Gasteiger partial charge >= 0.3 is 5.51 Å². The third-order valence-corrected chi connectivity index (χ3v) is 7.22. The summed E-state index contributed by atoms with van der Waals surface area (Å²) in [6.07, 6.45) is -0.659. The van der Waals surface area contributed by atoms with Gasteiger partial charge in [0.05, 0.1) is 36.7 Å². The molecule has 1 saturated heterocycles. The molecule has 202 valence electrons. The lowest BCUT2D eigenvalue weighted by atomic mass is 9.80. The molecular weight excluding hydrogens is 510 g/mol. The van der Waals surface area contributed by atoms with Crippen molar-refractivity contribution in [3.63, 3.8) is 0 Å². The number of carbonyl (C=O) groups excluding carboxylic acids is 2. The van der Waals surface area contributed by atoms with E-state index in [0.717, 1.165) is 17.7 Å². The summed E-state index contributed by atoms with van der Waals surface area (Å²) in [4.78, 5) is 25.3. The van der Waals surface area contributed by atoms with Crippen molar-refractivity contribution in [2.75, 3.05) is 7.11 Å². The summed E-state index contributed by atoms with van der Waals surface area (Å²) in [5.74, 6) is -1.28. The molecule has 3 atom stereocenters. The number of rotatable bonds is 8. The predicted octanol–water partition coefficient (Wildman–Crippen LogP) is 5.04. The zero-order valence-corrected chi connectivity index (χ0v) is 22.0. The zero-order valence-electron chi connectivity index (χ0n) is 21.2. The molecule has 37 heavy (non-hydrogen) atoms. The van der Waals surface area contributed by atoms with Gasteiger partial charge in [0.2, 0.25) is 11.8 Å². The first-order chi connectivity index (χ1) is 17.2. The lowest BCUT2D eigenvalue weighted by molar-refractivity contribution is -0.133. The molecule has 0 saturated carbocycles. The standard InChI is InChI=1S/C26H31F4N3O3S/c1-14(2)22(15-6-11-20(18(27)12-15)37-26(28,29)30)33-23(35)19-13-21(34)32-24(31-19)25(3,4)16-7-9-17(36-5)10-8-16/h6-12,14,19,22,24,31H,13H2,1-5H3,(H,32,34)(H,33,35)/t19?,22-,24?/m1/s1. The van der Waals surface area contributed by atoms with Gasteiger partial charge in [-0.15, -0.1) is 0 Å². The van der Waals surface area contributed by atoms with Crippen molar-refractivity contribution in [3.8, 4) is 5.75 Å². The number of benzene rings is 2. The summed E-state index contributed by atoms with van der Waals surface area (Å²) in [5.41, 5.74) is -3.95. The summed E-state index contributed by atoms with van der Waals surface area (Å²) >= 11 is -0.528. The largest absolute Gasteiger partial charge is 0.497 e. The fraction of sp³-hybridized carbons (Fsp3) is 0.462. The van der Waals surface area contributed by atoms with Crippen molar-refractivity contribution in [1.82, 2.24) is 16.0 Å². The van der Waals surface area contributed by atoms with E-state index in [0.29, 0.717) is 11.3 Å². The van der Waals surface area contributed by atoms with Gasteiger partial charge in [-0.25, -0.2) is 4.39 Å². The quantitative estimate of drug-likeness (QED) is 0.322. The first-order valence-electron chi connectivity index (χ1n) is 11.8. The number of hydrogen-bond donors (Lipinski definition) is 3. The number of thioether (sulfide) groups is 1. The number of nitrogens with one attached hydrogen (secondary N) is 3. The highest BCUT2D eigenvalue weighted by molar-refractivity contribution is 8.00. The van der Waals surface area contributed by atoms with Gasteiger partial charge in [0, 0.05) is 5.41 Å². The van der Waals surface area contributed by atoms with E-state index in [2.05, 4.69) is 16.0 Å². The maximum absolute atomic E-state index is 14.4. The van der Waals surface area contributed by atoms with Crippen LogP contribution in [0.4, 0.5) is 17.6 Å². The third kappa shape index (κ3) is 7.16. The van der Waals surface area contributed by atoms with Crippen LogP contribution in [-0.4, -0.2) is 36.6 Å². The van der Waals surface area contributed by atoms with Crippen molar-refractivity contribution < 1.29 is 31.9 Å². The summed E-state index contributed by atoms with van der Waals surface area (Å²) in [6, 6.07) is 9.32. The van der Waals surface area contributed by atoms with Crippen LogP contribution in [0.5, 0.6) is 5.75 Å². The summed E-state index contributed by atoms with van der Waals surface area (Å²) in [7, 11) is 1.57. The van der Waals surface area contributed by atoms with Crippen molar-refractivity contribution in [2.24, 2.45) is 5.92 Å². The minimum atomic E-state index is -4.61. The Kier molecular flexibility index (Phi) is 8.79. The maximum Gasteiger partial charge on any atom is 0.446 e. The highest BCUT2D eigenvalue weighted by Crippen LogP contribution is 2.39. The number of halogens is 4. The monoisotopic (exact) mass is 541 g/mol. The highest BCUT2D eigenvalue weighted by atomic mass is 32.2. The Morgan fingerprint density at radius 2 is 1.78 bits per heavy atom. The van der Waals surface area contributed by atoms with Gasteiger partial charge in [0.15, 0.2) is 0 Å². The van der Waals surface area contributed by atoms with Crippen LogP contribution in [0.15, 0.2) is 47.4 Å². The zero-order chi connectivity index (χ0) is 27.5. The minimum absolute atomic E-state index is 0.0959. The Bertz CT molecular complexity index is 1120. The number of amides is 2. The molecule has 0 spiro atoms. The van der Waals surface area contributed by atoms with Crippen molar-refractivity contribution in [1.29, 1.82) is 0 Å². The van der Waals surface area contributed by atoms with Crippen LogP contribution in [-0.2, 0) is 15.0 Å². The van der Waals surface area contributed by atoms with Crippen LogP contribution in [0.25, 0.3) is 0 Å². The van der Waals surface area contributed by atoms with Gasteiger partial charge in [0.1, 0.15) is 11.6 Å². The molecule has 1 aliphatic heterocycles. The Morgan fingerprint density at radius 3 is 2.32 bits per heavy atom. The second-order valence-electron chi connectivity index (χ2n) is 9.84. The predicted molar refractivity (Wildman–Crippen MR) is 134 cm³/mol. The summed E-state index contributed by atoms with van der Waals surface area (Å²) < 4.78 is 57.7. The topological polar surface area (TPSA) is 79.5 Å². The molecule has 0 aliphatic carbocycles. The van der Waals surface area contributed by atoms with Crippen molar-refractivity contribution in [2.45, 2.75) is 68.2 Å². The first-order valence-corrected chi connectivity index (χ1v) is 12.6. The molecule has 0 radical (unpaired) electrons. The fourth-order valence-electron chi connectivity index (χ4n) is 4.26.